The number of benzene rings is 1. The van der Waals surface area contributed by atoms with Gasteiger partial charge >= 0.3 is 6.18 Å². The Kier molecular flexibility index (Phi) is 4.48. The normalized spacial score (nSPS) is 17.3. The quantitative estimate of drug-likeness (QED) is 0.782. The van der Waals surface area contributed by atoms with Crippen LogP contribution in [0.3, 0.4) is 0 Å². The predicted octanol–water partition coefficient (Wildman–Crippen LogP) is 4.31. The summed E-state index contributed by atoms with van der Waals surface area (Å²) in [7, 11) is 0. The molecule has 0 atom stereocenters. The minimum Gasteiger partial charge on any atom is -0.339 e. The minimum atomic E-state index is -4.45. The summed E-state index contributed by atoms with van der Waals surface area (Å²) in [6, 6.07) is 5.19. The van der Waals surface area contributed by atoms with E-state index in [-0.39, 0.29) is 5.91 Å². The third-order valence-electron chi connectivity index (χ3n) is 5.53. The molecule has 1 amide bonds. The van der Waals surface area contributed by atoms with Gasteiger partial charge in [-0.1, -0.05) is 0 Å². The number of likely N-dealkylation sites (tertiary alicyclic amines) is 1. The lowest BCUT2D eigenvalue weighted by Crippen LogP contribution is -2.28. The first-order valence-electron chi connectivity index (χ1n) is 9.44. The largest absolute Gasteiger partial charge is 0.435 e. The maximum Gasteiger partial charge on any atom is 0.435 e. The first kappa shape index (κ1) is 18.1. The zero-order valence-electron chi connectivity index (χ0n) is 15.3. The van der Waals surface area contributed by atoms with Gasteiger partial charge in [0, 0.05) is 29.9 Å². The SMILES string of the molecule is Cc1cc(-n2nc(C(F)(F)F)c3c2CCCC3)ccc1C(=O)N1CCCC1. The number of aryl methyl sites for hydroxylation is 1. The molecule has 0 N–H and O–H groups in total. The zero-order chi connectivity index (χ0) is 19.2. The summed E-state index contributed by atoms with van der Waals surface area (Å²) >= 11 is 0. The number of hydrogen-bond donors (Lipinski definition) is 0. The lowest BCUT2D eigenvalue weighted by atomic mass is 9.95. The first-order chi connectivity index (χ1) is 12.9. The lowest BCUT2D eigenvalue weighted by Gasteiger charge is -2.18. The van der Waals surface area contributed by atoms with Gasteiger partial charge in [-0.05, 0) is 69.2 Å². The van der Waals surface area contributed by atoms with Gasteiger partial charge in [0.15, 0.2) is 5.69 Å². The molecule has 7 heteroatoms. The Morgan fingerprint density at radius 3 is 2.44 bits per heavy atom. The second kappa shape index (κ2) is 6.69. The Hall–Kier alpha value is -2.31. The number of rotatable bonds is 2. The molecule has 2 heterocycles. The summed E-state index contributed by atoms with van der Waals surface area (Å²) in [6.07, 6.45) is 0.198. The molecule has 2 aliphatic rings. The summed E-state index contributed by atoms with van der Waals surface area (Å²) in [5.74, 6) is -0.00461. The Morgan fingerprint density at radius 1 is 1.07 bits per heavy atom. The van der Waals surface area contributed by atoms with Gasteiger partial charge in [-0.15, -0.1) is 0 Å². The molecule has 1 fully saturated rings. The van der Waals surface area contributed by atoms with Crippen LogP contribution in [0.1, 0.15) is 58.6 Å². The average molecular weight is 377 g/mol. The number of hydrogen-bond acceptors (Lipinski definition) is 2. The van der Waals surface area contributed by atoms with Crippen LogP contribution in [-0.2, 0) is 19.0 Å². The number of carbonyl (C=O) groups is 1. The van der Waals surface area contributed by atoms with Crippen LogP contribution >= 0.6 is 0 Å². The minimum absolute atomic E-state index is 0.00461. The van der Waals surface area contributed by atoms with Crippen LogP contribution in [0.15, 0.2) is 18.2 Å². The van der Waals surface area contributed by atoms with E-state index in [4.69, 9.17) is 0 Å². The third kappa shape index (κ3) is 3.24. The van der Waals surface area contributed by atoms with Gasteiger partial charge in [0.2, 0.25) is 0 Å². The van der Waals surface area contributed by atoms with Crippen LogP contribution in [0.25, 0.3) is 5.69 Å². The van der Waals surface area contributed by atoms with Crippen LogP contribution in [0.4, 0.5) is 13.2 Å². The smallest absolute Gasteiger partial charge is 0.339 e. The van der Waals surface area contributed by atoms with Crippen molar-refractivity contribution in [2.75, 3.05) is 13.1 Å². The standard InChI is InChI=1S/C20H22F3N3O/c1-13-12-14(8-9-15(13)19(27)25-10-4-5-11-25)26-17-7-3-2-6-16(17)18(24-26)20(21,22)23/h8-9,12H,2-7,10-11H2,1H3. The molecule has 1 saturated heterocycles. The van der Waals surface area contributed by atoms with E-state index in [9.17, 15) is 18.0 Å². The fourth-order valence-electron chi connectivity index (χ4n) is 4.15. The van der Waals surface area contributed by atoms with Gasteiger partial charge < -0.3 is 4.90 Å². The van der Waals surface area contributed by atoms with Crippen LogP contribution in [0.5, 0.6) is 0 Å². The maximum atomic E-state index is 13.4. The second-order valence-electron chi connectivity index (χ2n) is 7.39. The molecular weight excluding hydrogens is 355 g/mol. The molecule has 0 spiro atoms. The molecule has 2 aromatic rings. The fourth-order valence-corrected chi connectivity index (χ4v) is 4.15. The van der Waals surface area contributed by atoms with E-state index in [1.165, 1.54) is 4.68 Å². The molecule has 0 radical (unpaired) electrons. The summed E-state index contributed by atoms with van der Waals surface area (Å²) in [5.41, 5.74) is 2.15. The number of halogens is 3. The zero-order valence-corrected chi connectivity index (χ0v) is 15.3. The summed E-state index contributed by atoms with van der Waals surface area (Å²) < 4.78 is 41.6. The van der Waals surface area contributed by atoms with Gasteiger partial charge in [-0.3, -0.25) is 4.79 Å². The molecule has 144 valence electrons. The molecular formula is C20H22F3N3O. The number of fused-ring (bicyclic) bond motifs is 1. The molecule has 1 aliphatic heterocycles. The summed E-state index contributed by atoms with van der Waals surface area (Å²) in [6.45, 7) is 3.36. The molecule has 0 saturated carbocycles. The predicted molar refractivity (Wildman–Crippen MR) is 95.1 cm³/mol. The van der Waals surface area contributed by atoms with Crippen molar-refractivity contribution in [3.8, 4) is 5.69 Å². The van der Waals surface area contributed by atoms with Crippen molar-refractivity contribution >= 4 is 5.91 Å². The van der Waals surface area contributed by atoms with Gasteiger partial charge in [0.05, 0.1) is 5.69 Å². The highest BCUT2D eigenvalue weighted by molar-refractivity contribution is 5.96. The first-order valence-corrected chi connectivity index (χ1v) is 9.44. The molecule has 27 heavy (non-hydrogen) atoms. The van der Waals surface area contributed by atoms with Gasteiger partial charge in [0.25, 0.3) is 5.91 Å². The highest BCUT2D eigenvalue weighted by atomic mass is 19.4. The molecule has 1 aromatic heterocycles. The van der Waals surface area contributed by atoms with Crippen molar-refractivity contribution in [3.63, 3.8) is 0 Å². The number of aromatic nitrogens is 2. The van der Waals surface area contributed by atoms with Crippen molar-refractivity contribution in [1.29, 1.82) is 0 Å². The Morgan fingerprint density at radius 2 is 1.78 bits per heavy atom. The van der Waals surface area contributed by atoms with E-state index < -0.39 is 11.9 Å². The highest BCUT2D eigenvalue weighted by Gasteiger charge is 2.39. The third-order valence-corrected chi connectivity index (χ3v) is 5.53. The van der Waals surface area contributed by atoms with Crippen molar-refractivity contribution in [1.82, 2.24) is 14.7 Å². The molecule has 1 aromatic carbocycles. The van der Waals surface area contributed by atoms with E-state index in [0.29, 0.717) is 35.3 Å². The highest BCUT2D eigenvalue weighted by Crippen LogP contribution is 2.37. The van der Waals surface area contributed by atoms with E-state index in [0.717, 1.165) is 44.3 Å². The van der Waals surface area contributed by atoms with Crippen molar-refractivity contribution < 1.29 is 18.0 Å². The van der Waals surface area contributed by atoms with Crippen LogP contribution in [0, 0.1) is 6.92 Å². The molecule has 0 unspecified atom stereocenters. The maximum absolute atomic E-state index is 13.4. The summed E-state index contributed by atoms with van der Waals surface area (Å²) in [4.78, 5) is 14.5. The van der Waals surface area contributed by atoms with Crippen molar-refractivity contribution in [2.24, 2.45) is 0 Å². The number of carbonyl (C=O) groups excluding carboxylic acids is 1. The van der Waals surface area contributed by atoms with Crippen molar-refractivity contribution in [3.05, 3.63) is 46.3 Å². The van der Waals surface area contributed by atoms with E-state index >= 15 is 0 Å². The fraction of sp³-hybridized carbons (Fsp3) is 0.500. The van der Waals surface area contributed by atoms with E-state index in [1.807, 2.05) is 11.8 Å². The molecule has 1 aliphatic carbocycles. The number of alkyl halides is 3. The van der Waals surface area contributed by atoms with Gasteiger partial charge in [0.1, 0.15) is 0 Å². The molecule has 0 bridgehead atoms. The van der Waals surface area contributed by atoms with Crippen LogP contribution in [-0.4, -0.2) is 33.7 Å². The number of amides is 1. The average Bonchev–Trinajstić information content (AvgIpc) is 3.28. The lowest BCUT2D eigenvalue weighted by molar-refractivity contribution is -0.142. The molecule has 4 nitrogen and oxygen atoms in total. The monoisotopic (exact) mass is 377 g/mol. The Labute approximate surface area is 156 Å². The van der Waals surface area contributed by atoms with Crippen molar-refractivity contribution in [2.45, 2.75) is 51.6 Å². The molecule has 4 rings (SSSR count). The van der Waals surface area contributed by atoms with Crippen LogP contribution in [0.2, 0.25) is 0 Å². The Balaban J connectivity index is 1.73. The topological polar surface area (TPSA) is 38.1 Å². The second-order valence-corrected chi connectivity index (χ2v) is 7.39. The summed E-state index contributed by atoms with van der Waals surface area (Å²) in [5, 5.41) is 3.92. The van der Waals surface area contributed by atoms with Gasteiger partial charge in [-0.2, -0.15) is 18.3 Å². The number of nitrogens with zero attached hydrogens (tertiary/aromatic N) is 3. The Bertz CT molecular complexity index is 879. The van der Waals surface area contributed by atoms with E-state index in [1.54, 1.807) is 18.2 Å². The van der Waals surface area contributed by atoms with E-state index in [2.05, 4.69) is 5.10 Å². The van der Waals surface area contributed by atoms with Crippen LogP contribution < -0.4 is 0 Å². The van der Waals surface area contributed by atoms with Gasteiger partial charge in [-0.25, -0.2) is 4.68 Å².